The van der Waals surface area contributed by atoms with Gasteiger partial charge >= 0.3 is 6.03 Å². The molecule has 0 bridgehead atoms. The standard InChI is InChI=1S/C18H23N5O2S/c1-3-16-21-14-11-13(5-6-15(14)23(16)4-2)20-18(25)22(8-9-24)12-17-19-7-10-26-17/h5-7,10-11,24H,3-4,8-9,12H2,1-2H3,(H,20,25). The van der Waals surface area contributed by atoms with Crippen LogP contribution in [0.5, 0.6) is 0 Å². The number of aromatic nitrogens is 3. The molecule has 0 aliphatic carbocycles. The van der Waals surface area contributed by atoms with Crippen LogP contribution in [-0.4, -0.2) is 43.7 Å². The maximum absolute atomic E-state index is 12.6. The van der Waals surface area contributed by atoms with Crippen LogP contribution in [0.2, 0.25) is 0 Å². The number of hydrogen-bond donors (Lipinski definition) is 2. The molecule has 3 aromatic rings. The molecular weight excluding hydrogens is 350 g/mol. The number of hydrogen-bond acceptors (Lipinski definition) is 5. The summed E-state index contributed by atoms with van der Waals surface area (Å²) >= 11 is 1.48. The summed E-state index contributed by atoms with van der Waals surface area (Å²) in [6.07, 6.45) is 2.57. The molecule has 0 saturated carbocycles. The first kappa shape index (κ1) is 18.3. The molecule has 0 atom stereocenters. The van der Waals surface area contributed by atoms with Crippen LogP contribution in [0.15, 0.2) is 29.8 Å². The SMILES string of the molecule is CCc1nc2cc(NC(=O)N(CCO)Cc3nccs3)ccc2n1CC. The van der Waals surface area contributed by atoms with Crippen molar-refractivity contribution in [1.82, 2.24) is 19.4 Å². The van der Waals surface area contributed by atoms with E-state index in [0.29, 0.717) is 12.2 Å². The zero-order chi connectivity index (χ0) is 18.5. The number of amides is 2. The van der Waals surface area contributed by atoms with Gasteiger partial charge in [-0.1, -0.05) is 6.92 Å². The van der Waals surface area contributed by atoms with Crippen molar-refractivity contribution >= 4 is 34.1 Å². The summed E-state index contributed by atoms with van der Waals surface area (Å²) in [5.41, 5.74) is 2.63. The Morgan fingerprint density at radius 2 is 2.23 bits per heavy atom. The Morgan fingerprint density at radius 1 is 1.38 bits per heavy atom. The predicted octanol–water partition coefficient (Wildman–Crippen LogP) is 3.10. The fourth-order valence-corrected chi connectivity index (χ4v) is 3.58. The molecule has 0 aliphatic rings. The molecular formula is C18H23N5O2S. The van der Waals surface area contributed by atoms with E-state index in [1.54, 1.807) is 11.1 Å². The highest BCUT2D eigenvalue weighted by Crippen LogP contribution is 2.21. The third kappa shape index (κ3) is 3.86. The van der Waals surface area contributed by atoms with Gasteiger partial charge in [-0.05, 0) is 25.1 Å². The summed E-state index contributed by atoms with van der Waals surface area (Å²) in [5.74, 6) is 1.04. The molecule has 2 N–H and O–H groups in total. The van der Waals surface area contributed by atoms with Crippen LogP contribution in [0.25, 0.3) is 11.0 Å². The van der Waals surface area contributed by atoms with Crippen molar-refractivity contribution in [3.05, 3.63) is 40.6 Å². The summed E-state index contributed by atoms with van der Waals surface area (Å²) < 4.78 is 2.18. The van der Waals surface area contributed by atoms with Crippen molar-refractivity contribution in [3.8, 4) is 0 Å². The van der Waals surface area contributed by atoms with Crippen molar-refractivity contribution in [2.75, 3.05) is 18.5 Å². The summed E-state index contributed by atoms with van der Waals surface area (Å²) in [7, 11) is 0. The average Bonchev–Trinajstić information content (AvgIpc) is 3.27. The number of anilines is 1. The topological polar surface area (TPSA) is 83.3 Å². The number of aryl methyl sites for hydroxylation is 2. The van der Waals surface area contributed by atoms with Gasteiger partial charge in [-0.3, -0.25) is 0 Å². The number of thiazole rings is 1. The van der Waals surface area contributed by atoms with Gasteiger partial charge in [-0.25, -0.2) is 14.8 Å². The number of imidazole rings is 1. The number of aliphatic hydroxyl groups is 1. The monoisotopic (exact) mass is 373 g/mol. The Labute approximate surface area is 156 Å². The van der Waals surface area contributed by atoms with E-state index in [0.717, 1.165) is 34.8 Å². The van der Waals surface area contributed by atoms with E-state index in [2.05, 4.69) is 33.7 Å². The maximum atomic E-state index is 12.6. The molecule has 2 amide bonds. The molecule has 8 heteroatoms. The van der Waals surface area contributed by atoms with E-state index in [-0.39, 0.29) is 19.2 Å². The van der Waals surface area contributed by atoms with Gasteiger partial charge in [0.15, 0.2) is 0 Å². The van der Waals surface area contributed by atoms with Gasteiger partial charge in [0.25, 0.3) is 0 Å². The summed E-state index contributed by atoms with van der Waals surface area (Å²) in [5, 5.41) is 14.9. The van der Waals surface area contributed by atoms with Crippen molar-refractivity contribution in [1.29, 1.82) is 0 Å². The van der Waals surface area contributed by atoms with Gasteiger partial charge in [0.1, 0.15) is 10.8 Å². The lowest BCUT2D eigenvalue weighted by atomic mass is 10.2. The molecule has 1 aromatic carbocycles. The molecule has 0 fully saturated rings. The largest absolute Gasteiger partial charge is 0.395 e. The molecule has 7 nitrogen and oxygen atoms in total. The first-order chi connectivity index (χ1) is 12.7. The normalized spacial score (nSPS) is 11.0. The van der Waals surface area contributed by atoms with Gasteiger partial charge in [-0.15, -0.1) is 11.3 Å². The van der Waals surface area contributed by atoms with Crippen molar-refractivity contribution in [2.45, 2.75) is 33.4 Å². The Kier molecular flexibility index (Phi) is 5.85. The lowest BCUT2D eigenvalue weighted by Crippen LogP contribution is -2.36. The summed E-state index contributed by atoms with van der Waals surface area (Å²) in [6, 6.07) is 5.49. The minimum absolute atomic E-state index is 0.0986. The second-order valence-electron chi connectivity index (χ2n) is 5.83. The lowest BCUT2D eigenvalue weighted by Gasteiger charge is -2.21. The molecule has 0 unspecified atom stereocenters. The highest BCUT2D eigenvalue weighted by atomic mass is 32.1. The fourth-order valence-electron chi connectivity index (χ4n) is 2.95. The number of urea groups is 1. The van der Waals surface area contributed by atoms with E-state index in [1.807, 2.05) is 23.6 Å². The highest BCUT2D eigenvalue weighted by molar-refractivity contribution is 7.09. The number of fused-ring (bicyclic) bond motifs is 1. The van der Waals surface area contributed by atoms with E-state index < -0.39 is 0 Å². The van der Waals surface area contributed by atoms with Crippen molar-refractivity contribution in [3.63, 3.8) is 0 Å². The molecule has 0 spiro atoms. The Morgan fingerprint density at radius 3 is 2.88 bits per heavy atom. The molecule has 3 rings (SSSR count). The highest BCUT2D eigenvalue weighted by Gasteiger charge is 2.16. The maximum Gasteiger partial charge on any atom is 0.322 e. The molecule has 2 heterocycles. The number of carbonyl (C=O) groups excluding carboxylic acids is 1. The minimum Gasteiger partial charge on any atom is -0.395 e. The minimum atomic E-state index is -0.265. The van der Waals surface area contributed by atoms with Crippen LogP contribution < -0.4 is 5.32 Å². The van der Waals surface area contributed by atoms with Crippen LogP contribution in [0.3, 0.4) is 0 Å². The van der Waals surface area contributed by atoms with Crippen LogP contribution >= 0.6 is 11.3 Å². The smallest absolute Gasteiger partial charge is 0.322 e. The second-order valence-corrected chi connectivity index (χ2v) is 6.81. The zero-order valence-corrected chi connectivity index (χ0v) is 15.8. The first-order valence-corrected chi connectivity index (χ1v) is 9.58. The second kappa shape index (κ2) is 8.29. The van der Waals surface area contributed by atoms with Gasteiger partial charge in [0.2, 0.25) is 0 Å². The quantitative estimate of drug-likeness (QED) is 0.667. The van der Waals surface area contributed by atoms with E-state index in [4.69, 9.17) is 0 Å². The van der Waals surface area contributed by atoms with Crippen LogP contribution in [-0.2, 0) is 19.5 Å². The Hall–Kier alpha value is -2.45. The van der Waals surface area contributed by atoms with Gasteiger partial charge in [-0.2, -0.15) is 0 Å². The summed E-state index contributed by atoms with van der Waals surface area (Å²) in [6.45, 7) is 5.57. The molecule has 2 aromatic heterocycles. The number of carbonyl (C=O) groups is 1. The van der Waals surface area contributed by atoms with Gasteiger partial charge in [0.05, 0.1) is 24.2 Å². The number of nitrogens with zero attached hydrogens (tertiary/aromatic N) is 4. The molecule has 0 radical (unpaired) electrons. The number of nitrogens with one attached hydrogen (secondary N) is 1. The third-order valence-corrected chi connectivity index (χ3v) is 4.94. The van der Waals surface area contributed by atoms with Crippen LogP contribution in [0.1, 0.15) is 24.7 Å². The van der Waals surface area contributed by atoms with Gasteiger partial charge in [0, 0.05) is 36.8 Å². The zero-order valence-electron chi connectivity index (χ0n) is 15.0. The van der Waals surface area contributed by atoms with Crippen LogP contribution in [0.4, 0.5) is 10.5 Å². The van der Waals surface area contributed by atoms with Crippen molar-refractivity contribution < 1.29 is 9.90 Å². The predicted molar refractivity (Wildman–Crippen MR) is 103 cm³/mol. The molecule has 0 saturated heterocycles. The Balaban J connectivity index is 1.78. The third-order valence-electron chi connectivity index (χ3n) is 4.18. The average molecular weight is 373 g/mol. The fraction of sp³-hybridized carbons (Fsp3) is 0.389. The van der Waals surface area contributed by atoms with Crippen LogP contribution in [0, 0.1) is 0 Å². The number of aliphatic hydroxyl groups excluding tert-OH is 1. The molecule has 0 aliphatic heterocycles. The number of benzene rings is 1. The van der Waals surface area contributed by atoms with E-state index in [1.165, 1.54) is 11.3 Å². The lowest BCUT2D eigenvalue weighted by molar-refractivity contribution is 0.185. The van der Waals surface area contributed by atoms with E-state index in [9.17, 15) is 9.90 Å². The molecule has 26 heavy (non-hydrogen) atoms. The Bertz CT molecular complexity index is 875. The van der Waals surface area contributed by atoms with Gasteiger partial charge < -0.3 is 19.9 Å². The molecule has 138 valence electrons. The van der Waals surface area contributed by atoms with E-state index >= 15 is 0 Å². The number of rotatable bonds is 7. The summed E-state index contributed by atoms with van der Waals surface area (Å²) in [4.78, 5) is 23.0. The van der Waals surface area contributed by atoms with Crippen molar-refractivity contribution in [2.24, 2.45) is 0 Å². The first-order valence-electron chi connectivity index (χ1n) is 8.70.